The average molecular weight is 866 g/mol. The molecule has 360 valence electrons. The summed E-state index contributed by atoms with van der Waals surface area (Å²) in [6.45, 7) is 3.83. The van der Waals surface area contributed by atoms with Crippen LogP contribution >= 0.6 is 0 Å². The van der Waals surface area contributed by atoms with Crippen molar-refractivity contribution in [1.82, 2.24) is 5.32 Å². The van der Waals surface area contributed by atoms with Gasteiger partial charge < -0.3 is 40.3 Å². The number of nitrogens with one attached hydrogen (secondary N) is 1. The highest BCUT2D eigenvalue weighted by atomic mass is 16.7. The van der Waals surface area contributed by atoms with Gasteiger partial charge in [-0.15, -0.1) is 0 Å². The fourth-order valence-corrected chi connectivity index (χ4v) is 8.39. The molecule has 9 heteroatoms. The Hall–Kier alpha value is -1.33. The lowest BCUT2D eigenvalue weighted by molar-refractivity contribution is -0.302. The summed E-state index contributed by atoms with van der Waals surface area (Å²) >= 11 is 0. The molecule has 1 rings (SSSR count). The van der Waals surface area contributed by atoms with E-state index in [1.54, 1.807) is 0 Å². The van der Waals surface area contributed by atoms with Crippen LogP contribution in [0.25, 0.3) is 0 Å². The zero-order chi connectivity index (χ0) is 44.4. The van der Waals surface area contributed by atoms with E-state index in [-0.39, 0.29) is 12.5 Å². The number of aliphatic hydroxyl groups excluding tert-OH is 5. The van der Waals surface area contributed by atoms with Crippen LogP contribution in [0.2, 0.25) is 0 Å². The Morgan fingerprint density at radius 1 is 0.557 bits per heavy atom. The number of rotatable bonds is 44. The van der Waals surface area contributed by atoms with Crippen LogP contribution in [0.5, 0.6) is 0 Å². The van der Waals surface area contributed by atoms with Gasteiger partial charge in [-0.2, -0.15) is 0 Å². The Morgan fingerprint density at radius 2 is 0.951 bits per heavy atom. The van der Waals surface area contributed by atoms with Crippen molar-refractivity contribution in [2.75, 3.05) is 13.2 Å². The number of allylic oxidation sites excluding steroid dienone is 4. The van der Waals surface area contributed by atoms with Crippen LogP contribution < -0.4 is 5.32 Å². The molecule has 0 aliphatic carbocycles. The molecule has 0 aromatic heterocycles. The summed E-state index contributed by atoms with van der Waals surface area (Å²) in [7, 11) is 0. The second-order valence-corrected chi connectivity index (χ2v) is 18.4. The summed E-state index contributed by atoms with van der Waals surface area (Å²) in [5.41, 5.74) is 0. The quantitative estimate of drug-likeness (QED) is 0.0262. The number of ether oxygens (including phenoxy) is 2. The van der Waals surface area contributed by atoms with Gasteiger partial charge in [-0.05, 0) is 38.5 Å². The number of unbranched alkanes of at least 4 members (excludes halogenated alkanes) is 31. The van der Waals surface area contributed by atoms with E-state index in [4.69, 9.17) is 9.47 Å². The first-order valence-electron chi connectivity index (χ1n) is 26.1. The molecule has 7 unspecified atom stereocenters. The second-order valence-electron chi connectivity index (χ2n) is 18.4. The van der Waals surface area contributed by atoms with Crippen molar-refractivity contribution in [2.45, 2.75) is 288 Å². The third-order valence-electron chi connectivity index (χ3n) is 12.6. The van der Waals surface area contributed by atoms with Gasteiger partial charge in [0.15, 0.2) is 6.29 Å². The van der Waals surface area contributed by atoms with Gasteiger partial charge in [-0.3, -0.25) is 4.79 Å². The topological polar surface area (TPSA) is 149 Å². The Kier molecular flexibility index (Phi) is 40.3. The number of carbonyl (C=O) groups is 1. The number of aliphatic hydroxyl groups is 5. The first kappa shape index (κ1) is 57.7. The molecule has 0 bridgehead atoms. The van der Waals surface area contributed by atoms with Crippen LogP contribution in [-0.2, 0) is 14.3 Å². The van der Waals surface area contributed by atoms with Gasteiger partial charge in [0, 0.05) is 6.42 Å². The fraction of sp³-hybridized carbons (Fsp3) is 0.904. The Balaban J connectivity index is 2.26. The van der Waals surface area contributed by atoms with Gasteiger partial charge in [-0.25, -0.2) is 0 Å². The SMILES string of the molecule is CCCCC/C=C\C=C/CCCCCCCCCCCCC(=O)NC(COC1OC(CO)C(O)C(O)C1O)C(O)CCCCCCCCCCCCCCCCCCCCC. The number of amides is 1. The molecule has 1 heterocycles. The highest BCUT2D eigenvalue weighted by molar-refractivity contribution is 5.76. The van der Waals surface area contributed by atoms with Gasteiger partial charge in [0.25, 0.3) is 0 Å². The molecule has 1 aliphatic rings. The van der Waals surface area contributed by atoms with Crippen molar-refractivity contribution in [1.29, 1.82) is 0 Å². The zero-order valence-electron chi connectivity index (χ0n) is 39.7. The largest absolute Gasteiger partial charge is 0.394 e. The molecule has 6 N–H and O–H groups in total. The third-order valence-corrected chi connectivity index (χ3v) is 12.6. The zero-order valence-corrected chi connectivity index (χ0v) is 39.7. The first-order chi connectivity index (χ1) is 29.8. The Bertz CT molecular complexity index is 1010. The molecular weight excluding hydrogens is 767 g/mol. The average Bonchev–Trinajstić information content (AvgIpc) is 3.26. The minimum Gasteiger partial charge on any atom is -0.394 e. The predicted octanol–water partition coefficient (Wildman–Crippen LogP) is 11.8. The Labute approximate surface area is 375 Å². The van der Waals surface area contributed by atoms with Crippen LogP contribution in [0, 0.1) is 0 Å². The lowest BCUT2D eigenvalue weighted by Gasteiger charge is -2.40. The molecule has 61 heavy (non-hydrogen) atoms. The van der Waals surface area contributed by atoms with E-state index in [1.807, 2.05) is 0 Å². The van der Waals surface area contributed by atoms with Gasteiger partial charge in [0.05, 0.1) is 25.4 Å². The van der Waals surface area contributed by atoms with E-state index < -0.39 is 49.5 Å². The lowest BCUT2D eigenvalue weighted by atomic mass is 9.99. The minimum absolute atomic E-state index is 0.137. The molecule has 1 amide bonds. The molecular formula is C52H99NO8. The predicted molar refractivity (Wildman–Crippen MR) is 253 cm³/mol. The molecule has 1 fully saturated rings. The van der Waals surface area contributed by atoms with Crippen LogP contribution in [0.3, 0.4) is 0 Å². The van der Waals surface area contributed by atoms with E-state index >= 15 is 0 Å². The molecule has 1 saturated heterocycles. The van der Waals surface area contributed by atoms with E-state index in [2.05, 4.69) is 43.5 Å². The van der Waals surface area contributed by atoms with E-state index in [1.165, 1.54) is 173 Å². The van der Waals surface area contributed by atoms with Crippen LogP contribution in [0.1, 0.15) is 245 Å². The van der Waals surface area contributed by atoms with E-state index in [9.17, 15) is 30.3 Å². The summed E-state index contributed by atoms with van der Waals surface area (Å²) < 4.78 is 11.3. The summed E-state index contributed by atoms with van der Waals surface area (Å²) in [6, 6.07) is -0.719. The smallest absolute Gasteiger partial charge is 0.220 e. The molecule has 7 atom stereocenters. The van der Waals surface area contributed by atoms with E-state index in [0.717, 1.165) is 44.9 Å². The van der Waals surface area contributed by atoms with Crippen LogP contribution in [-0.4, -0.2) is 87.5 Å². The monoisotopic (exact) mass is 866 g/mol. The van der Waals surface area contributed by atoms with Crippen molar-refractivity contribution in [3.63, 3.8) is 0 Å². The molecule has 1 aliphatic heterocycles. The normalized spacial score (nSPS) is 20.5. The highest BCUT2D eigenvalue weighted by Gasteiger charge is 2.44. The summed E-state index contributed by atoms with van der Waals surface area (Å²) in [5.74, 6) is -0.146. The van der Waals surface area contributed by atoms with E-state index in [0.29, 0.717) is 12.8 Å². The maximum Gasteiger partial charge on any atom is 0.220 e. The highest BCUT2D eigenvalue weighted by Crippen LogP contribution is 2.23. The number of hydrogen-bond acceptors (Lipinski definition) is 8. The van der Waals surface area contributed by atoms with Crippen molar-refractivity contribution < 1.29 is 39.8 Å². The maximum atomic E-state index is 13.0. The third kappa shape index (κ3) is 32.9. The molecule has 0 radical (unpaired) electrons. The number of hydrogen-bond donors (Lipinski definition) is 6. The van der Waals surface area contributed by atoms with Crippen molar-refractivity contribution >= 4 is 5.91 Å². The van der Waals surface area contributed by atoms with Gasteiger partial charge >= 0.3 is 0 Å². The van der Waals surface area contributed by atoms with Crippen LogP contribution in [0.15, 0.2) is 24.3 Å². The molecule has 0 aromatic rings. The van der Waals surface area contributed by atoms with Crippen molar-refractivity contribution in [3.05, 3.63) is 24.3 Å². The van der Waals surface area contributed by atoms with Crippen molar-refractivity contribution in [2.24, 2.45) is 0 Å². The Morgan fingerprint density at radius 3 is 1.41 bits per heavy atom. The van der Waals surface area contributed by atoms with Gasteiger partial charge in [0.1, 0.15) is 24.4 Å². The molecule has 0 spiro atoms. The number of carbonyl (C=O) groups excluding carboxylic acids is 1. The summed E-state index contributed by atoms with van der Waals surface area (Å²) in [4.78, 5) is 13.0. The first-order valence-corrected chi connectivity index (χ1v) is 26.1. The second kappa shape index (κ2) is 42.6. The van der Waals surface area contributed by atoms with Gasteiger partial charge in [0.2, 0.25) is 5.91 Å². The molecule has 0 aromatic carbocycles. The minimum atomic E-state index is -1.55. The lowest BCUT2D eigenvalue weighted by Crippen LogP contribution is -2.60. The fourth-order valence-electron chi connectivity index (χ4n) is 8.39. The summed E-state index contributed by atoms with van der Waals surface area (Å²) in [6.07, 6.45) is 44.7. The molecule has 9 nitrogen and oxygen atoms in total. The summed E-state index contributed by atoms with van der Waals surface area (Å²) in [5, 5.41) is 54.5. The van der Waals surface area contributed by atoms with Crippen LogP contribution in [0.4, 0.5) is 0 Å². The molecule has 0 saturated carbocycles. The van der Waals surface area contributed by atoms with Gasteiger partial charge in [-0.1, -0.05) is 224 Å². The van der Waals surface area contributed by atoms with Crippen molar-refractivity contribution in [3.8, 4) is 0 Å². The standard InChI is InChI=1S/C52H99NO8/c1-3-5-7-9-11-13-15-17-19-21-23-25-27-29-31-33-35-37-39-41-46(55)45(44-60-52-51(59)50(58)49(57)47(43-54)61-52)53-48(56)42-40-38-36-34-32-30-28-26-24-22-20-18-16-14-12-10-8-6-4-2/h12,14,16,18,45-47,49-52,54-55,57-59H,3-11,13,15,17,19-44H2,1-2H3,(H,53,56)/b14-12-,18-16-. The maximum absolute atomic E-state index is 13.0.